The van der Waals surface area contributed by atoms with Gasteiger partial charge in [0.15, 0.2) is 41.3 Å². The van der Waals surface area contributed by atoms with Crippen molar-refractivity contribution in [1.82, 2.24) is 16.0 Å². The molecule has 6 rings (SSSR count). The Bertz CT molecular complexity index is 3010. The first-order valence-electron chi connectivity index (χ1n) is 23.7. The molecule has 6 aromatic rings. The molecule has 22 heteroatoms. The molecule has 6 aromatic carbocycles. The summed E-state index contributed by atoms with van der Waals surface area (Å²) in [4.78, 5) is 39.5. The van der Waals surface area contributed by atoms with Crippen LogP contribution < -0.4 is 63.3 Å². The first kappa shape index (κ1) is 59.7. The molecule has 0 radical (unpaired) electrons. The van der Waals surface area contributed by atoms with Gasteiger partial charge >= 0.3 is 0 Å². The van der Waals surface area contributed by atoms with Crippen molar-refractivity contribution >= 4 is 87.3 Å². The lowest BCUT2D eigenvalue weighted by atomic mass is 10.1. The van der Waals surface area contributed by atoms with Gasteiger partial charge in [-0.15, -0.1) is 0 Å². The van der Waals surface area contributed by atoms with E-state index in [1.165, 1.54) is 39.5 Å². The van der Waals surface area contributed by atoms with Crippen LogP contribution in [0.1, 0.15) is 37.5 Å². The fraction of sp³-hybridized carbons (Fsp3) is 0.291. The maximum atomic E-state index is 13.4. The number of ether oxygens (including phenoxy) is 10. The summed E-state index contributed by atoms with van der Waals surface area (Å²) < 4.78 is 58.9. The van der Waals surface area contributed by atoms with Gasteiger partial charge in [-0.25, -0.2) is 0 Å². The zero-order chi connectivity index (χ0) is 55.6. The largest absolute Gasteiger partial charge is 0.493 e. The topological polar surface area (TPSA) is 180 Å². The van der Waals surface area contributed by atoms with Gasteiger partial charge in [0.05, 0.1) is 36.4 Å². The van der Waals surface area contributed by atoms with E-state index in [4.69, 9.17) is 117 Å². The smallest absolute Gasteiger partial charge is 0.261 e. The highest BCUT2D eigenvalue weighted by molar-refractivity contribution is 6.36. The van der Waals surface area contributed by atoms with E-state index < -0.39 is 36.0 Å². The van der Waals surface area contributed by atoms with Gasteiger partial charge in [0, 0.05) is 45.8 Å². The highest BCUT2D eigenvalue weighted by atomic mass is 35.5. The lowest BCUT2D eigenvalue weighted by Gasteiger charge is -2.19. The minimum Gasteiger partial charge on any atom is -0.493 e. The van der Waals surface area contributed by atoms with Crippen LogP contribution >= 0.6 is 69.6 Å². The quantitative estimate of drug-likeness (QED) is 0.0396. The summed E-state index contributed by atoms with van der Waals surface area (Å²) >= 11 is 36.9. The number of methoxy groups -OCH3 is 3. The molecule has 0 aromatic heterocycles. The zero-order valence-electron chi connectivity index (χ0n) is 42.6. The molecule has 3 unspecified atom stereocenters. The lowest BCUT2D eigenvalue weighted by molar-refractivity contribution is -0.128. The molecule has 0 spiro atoms. The highest BCUT2D eigenvalue weighted by Crippen LogP contribution is 2.39. The van der Waals surface area contributed by atoms with Gasteiger partial charge in [0.25, 0.3) is 17.7 Å². The van der Waals surface area contributed by atoms with Crippen LogP contribution in [0.2, 0.25) is 30.1 Å². The molecule has 0 aliphatic carbocycles. The molecule has 3 atom stereocenters. The monoisotopic (exact) mass is 1180 g/mol. The van der Waals surface area contributed by atoms with Crippen molar-refractivity contribution in [2.45, 2.75) is 58.7 Å². The Kier molecular flexibility index (Phi) is 22.7. The third-order valence-electron chi connectivity index (χ3n) is 11.1. The first-order chi connectivity index (χ1) is 37.0. The zero-order valence-corrected chi connectivity index (χ0v) is 47.1. The van der Waals surface area contributed by atoms with E-state index >= 15 is 0 Å². The van der Waals surface area contributed by atoms with Crippen molar-refractivity contribution in [3.8, 4) is 57.5 Å². The van der Waals surface area contributed by atoms with Crippen LogP contribution in [-0.4, -0.2) is 83.8 Å². The number of nitrogens with one attached hydrogen (secondary N) is 3. The average molecular weight is 1180 g/mol. The molecular weight excluding hydrogens is 1120 g/mol. The number of hydrogen-bond acceptors (Lipinski definition) is 13. The van der Waals surface area contributed by atoms with Crippen LogP contribution in [0.3, 0.4) is 0 Å². The van der Waals surface area contributed by atoms with E-state index in [1.54, 1.807) is 106 Å². The lowest BCUT2D eigenvalue weighted by Crippen LogP contribution is -2.36. The molecule has 3 amide bonds. The van der Waals surface area contributed by atoms with Crippen molar-refractivity contribution in [2.24, 2.45) is 0 Å². The Balaban J connectivity index is 1.09. The van der Waals surface area contributed by atoms with Crippen LogP contribution in [-0.2, 0) is 34.0 Å². The molecular formula is C55H55Cl6N3O13. The van der Waals surface area contributed by atoms with Crippen molar-refractivity contribution < 1.29 is 61.8 Å². The van der Waals surface area contributed by atoms with Crippen molar-refractivity contribution in [1.29, 1.82) is 0 Å². The van der Waals surface area contributed by atoms with E-state index in [2.05, 4.69) is 16.0 Å². The number of carbonyl (C=O) groups excluding carboxylic acids is 3. The fourth-order valence-electron chi connectivity index (χ4n) is 7.18. The molecule has 0 fully saturated rings. The van der Waals surface area contributed by atoms with Crippen LogP contribution in [0.15, 0.2) is 103 Å². The predicted octanol–water partition coefficient (Wildman–Crippen LogP) is 11.8. The van der Waals surface area contributed by atoms with E-state index in [1.807, 2.05) is 0 Å². The standard InChI is InChI=1S/C55H55Cl6N3O13/c1-31(75-45-14-10-37(56)25-41(45)59)53(65)62-28-34-22-49(69-5)52(70-6)50(23-34)73-20-19-72-44-17-13-40(24-36(44)30-64-55(67)33(3)77-47-16-12-39(58)27-43(47)61)71-18-21-74-51-35(8-7-9-48(51)68-4)29-63-54(66)32(2)76-46-15-11-38(57)26-42(46)60/h7-17,22-27,31-33H,18-21,28-30H2,1-6H3,(H,62,65)(H,63,66)(H,64,67). The number of benzene rings is 6. The molecule has 0 aliphatic rings. The molecule has 0 aliphatic heterocycles. The Morgan fingerprint density at radius 3 is 1.35 bits per heavy atom. The van der Waals surface area contributed by atoms with Crippen LogP contribution in [0.5, 0.6) is 57.5 Å². The SMILES string of the molecule is COc1cccc(CNC(=O)C(C)Oc2ccc(Cl)cc2Cl)c1OCCOc1ccc(OCCOc2cc(CNC(=O)C(C)Oc3ccc(Cl)cc3Cl)cc(OC)c2OC)c(CNC(=O)C(C)Oc2ccc(Cl)cc2Cl)c1. The molecule has 0 saturated carbocycles. The van der Waals surface area contributed by atoms with E-state index in [0.29, 0.717) is 83.5 Å². The molecule has 410 valence electrons. The maximum Gasteiger partial charge on any atom is 0.261 e. The number of hydrogen-bond donors (Lipinski definition) is 3. The van der Waals surface area contributed by atoms with Gasteiger partial charge in [-0.1, -0.05) is 81.7 Å². The number of rotatable bonds is 28. The molecule has 0 heterocycles. The Hall–Kier alpha value is -6.53. The fourth-order valence-corrected chi connectivity index (χ4v) is 8.54. The Labute approximate surface area is 476 Å². The summed E-state index contributed by atoms with van der Waals surface area (Å²) in [5.41, 5.74) is 1.84. The van der Waals surface area contributed by atoms with Gasteiger partial charge in [-0.2, -0.15) is 0 Å². The molecule has 16 nitrogen and oxygen atoms in total. The number of para-hydroxylation sites is 1. The third-order valence-corrected chi connectivity index (χ3v) is 12.7. The van der Waals surface area contributed by atoms with E-state index in [-0.39, 0.29) is 66.9 Å². The van der Waals surface area contributed by atoms with Crippen molar-refractivity contribution in [2.75, 3.05) is 47.8 Å². The van der Waals surface area contributed by atoms with Gasteiger partial charge in [-0.3, -0.25) is 14.4 Å². The van der Waals surface area contributed by atoms with E-state index in [0.717, 1.165) is 0 Å². The normalized spacial score (nSPS) is 12.0. The predicted molar refractivity (Wildman–Crippen MR) is 296 cm³/mol. The number of carbonyl (C=O) groups is 3. The van der Waals surface area contributed by atoms with Gasteiger partial charge in [-0.05, 0) is 117 Å². The van der Waals surface area contributed by atoms with Gasteiger partial charge in [0.1, 0.15) is 55.2 Å². The minimum absolute atomic E-state index is 0.00659. The molecule has 0 bridgehead atoms. The summed E-state index contributed by atoms with van der Waals surface area (Å²) in [5.74, 6) is 2.43. The van der Waals surface area contributed by atoms with Crippen molar-refractivity contribution in [3.63, 3.8) is 0 Å². The average Bonchev–Trinajstić information content (AvgIpc) is 3.41. The molecule has 3 N–H and O–H groups in total. The minimum atomic E-state index is -0.942. The van der Waals surface area contributed by atoms with Crippen LogP contribution in [0.4, 0.5) is 0 Å². The van der Waals surface area contributed by atoms with Crippen molar-refractivity contribution in [3.05, 3.63) is 150 Å². The summed E-state index contributed by atoms with van der Waals surface area (Å²) in [5, 5.41) is 10.7. The summed E-state index contributed by atoms with van der Waals surface area (Å²) in [6.45, 7) is 5.24. The maximum absolute atomic E-state index is 13.4. The van der Waals surface area contributed by atoms with Crippen LogP contribution in [0.25, 0.3) is 0 Å². The molecule has 0 saturated heterocycles. The van der Waals surface area contributed by atoms with Gasteiger partial charge in [0.2, 0.25) is 5.75 Å². The number of amides is 3. The molecule has 77 heavy (non-hydrogen) atoms. The highest BCUT2D eigenvalue weighted by Gasteiger charge is 2.22. The summed E-state index contributed by atoms with van der Waals surface area (Å²) in [6.07, 6.45) is -2.70. The first-order valence-corrected chi connectivity index (χ1v) is 26.0. The van der Waals surface area contributed by atoms with Gasteiger partial charge < -0.3 is 63.3 Å². The van der Waals surface area contributed by atoms with Crippen LogP contribution in [0, 0.1) is 0 Å². The summed E-state index contributed by atoms with van der Waals surface area (Å²) in [6, 6.07) is 28.1. The second kappa shape index (κ2) is 29.3. The second-order valence-corrected chi connectivity index (χ2v) is 19.1. The number of halogens is 6. The Morgan fingerprint density at radius 1 is 0.416 bits per heavy atom. The second-order valence-electron chi connectivity index (χ2n) is 16.6. The third kappa shape index (κ3) is 17.5. The Morgan fingerprint density at radius 2 is 0.857 bits per heavy atom. The van der Waals surface area contributed by atoms with E-state index in [9.17, 15) is 14.4 Å². The summed E-state index contributed by atoms with van der Waals surface area (Å²) in [7, 11) is 4.48.